The first-order valence-corrected chi connectivity index (χ1v) is 12.6. The van der Waals surface area contributed by atoms with Crippen LogP contribution >= 0.6 is 11.3 Å². The van der Waals surface area contributed by atoms with Crippen molar-refractivity contribution in [1.29, 1.82) is 0 Å². The summed E-state index contributed by atoms with van der Waals surface area (Å²) in [6, 6.07) is 10.7. The van der Waals surface area contributed by atoms with Gasteiger partial charge in [0.1, 0.15) is 17.5 Å². The summed E-state index contributed by atoms with van der Waals surface area (Å²) in [5, 5.41) is 1.93. The lowest BCUT2D eigenvalue weighted by Gasteiger charge is -2.36. The second kappa shape index (κ2) is 10.4. The molecule has 1 aromatic carbocycles. The third-order valence-corrected chi connectivity index (χ3v) is 7.26. The number of carbonyl (C=O) groups is 1. The maximum atomic E-state index is 14.5. The third kappa shape index (κ3) is 5.08. The summed E-state index contributed by atoms with van der Waals surface area (Å²) in [5.74, 6) is 1.87. The lowest BCUT2D eigenvalue weighted by Crippen LogP contribution is -2.49. The van der Waals surface area contributed by atoms with Crippen LogP contribution in [0.15, 0.2) is 41.8 Å². The number of aromatic nitrogens is 2. The van der Waals surface area contributed by atoms with Crippen molar-refractivity contribution in [1.82, 2.24) is 14.9 Å². The second-order valence-electron chi connectivity index (χ2n) is 8.52. The van der Waals surface area contributed by atoms with Gasteiger partial charge < -0.3 is 9.80 Å². The molecule has 2 aromatic heterocycles. The predicted octanol–water partition coefficient (Wildman–Crippen LogP) is 5.31. The molecule has 3 aromatic rings. The summed E-state index contributed by atoms with van der Waals surface area (Å²) in [6.45, 7) is 9.05. The van der Waals surface area contributed by atoms with Crippen LogP contribution in [0.4, 0.5) is 10.2 Å². The monoisotopic (exact) mass is 466 g/mol. The highest BCUT2D eigenvalue weighted by Crippen LogP contribution is 2.29. The summed E-state index contributed by atoms with van der Waals surface area (Å²) in [6.07, 6.45) is 2.18. The molecule has 7 heteroatoms. The maximum absolute atomic E-state index is 14.5. The molecule has 5 nitrogen and oxygen atoms in total. The Labute approximate surface area is 199 Å². The van der Waals surface area contributed by atoms with E-state index in [-0.39, 0.29) is 17.6 Å². The van der Waals surface area contributed by atoms with E-state index in [1.54, 1.807) is 6.07 Å². The lowest BCUT2D eigenvalue weighted by molar-refractivity contribution is 0.0751. The summed E-state index contributed by atoms with van der Waals surface area (Å²) in [5.41, 5.74) is 2.63. The van der Waals surface area contributed by atoms with Gasteiger partial charge >= 0.3 is 0 Å². The van der Waals surface area contributed by atoms with Gasteiger partial charge in [-0.15, -0.1) is 11.3 Å². The van der Waals surface area contributed by atoms with Crippen LogP contribution in [0.5, 0.6) is 0 Å². The van der Waals surface area contributed by atoms with Crippen molar-refractivity contribution in [3.05, 3.63) is 75.1 Å². The fraction of sp³-hybridized carbons (Fsp3) is 0.423. The van der Waals surface area contributed by atoms with Gasteiger partial charge in [-0.3, -0.25) is 4.79 Å². The summed E-state index contributed by atoms with van der Waals surface area (Å²) in [7, 11) is 0. The van der Waals surface area contributed by atoms with E-state index in [0.29, 0.717) is 38.2 Å². The molecule has 0 bridgehead atoms. The second-order valence-corrected chi connectivity index (χ2v) is 9.47. The zero-order valence-corrected chi connectivity index (χ0v) is 20.4. The fourth-order valence-corrected chi connectivity index (χ4v) is 4.87. The average molecular weight is 467 g/mol. The highest BCUT2D eigenvalue weighted by Gasteiger charge is 2.27. The van der Waals surface area contributed by atoms with Gasteiger partial charge in [0.15, 0.2) is 0 Å². The summed E-state index contributed by atoms with van der Waals surface area (Å²) < 4.78 is 14.5. The zero-order valence-electron chi connectivity index (χ0n) is 19.6. The highest BCUT2D eigenvalue weighted by molar-refractivity contribution is 7.12. The van der Waals surface area contributed by atoms with Crippen LogP contribution in [0.2, 0.25) is 0 Å². The number of halogens is 1. The van der Waals surface area contributed by atoms with E-state index in [0.717, 1.165) is 40.6 Å². The molecule has 0 spiro atoms. The normalized spacial score (nSPS) is 15.0. The van der Waals surface area contributed by atoms with Crippen LogP contribution in [-0.2, 0) is 12.8 Å². The van der Waals surface area contributed by atoms with E-state index in [2.05, 4.69) is 25.7 Å². The number of rotatable bonds is 7. The van der Waals surface area contributed by atoms with E-state index in [1.165, 1.54) is 17.4 Å². The van der Waals surface area contributed by atoms with Gasteiger partial charge in [-0.05, 0) is 35.9 Å². The van der Waals surface area contributed by atoms with Crippen LogP contribution in [0, 0.1) is 5.82 Å². The molecular weight excluding hydrogens is 435 g/mol. The van der Waals surface area contributed by atoms with Crippen LogP contribution in [0.25, 0.3) is 0 Å². The molecule has 4 rings (SSSR count). The number of benzene rings is 1. The number of hydrogen-bond acceptors (Lipinski definition) is 5. The Morgan fingerprint density at radius 3 is 2.48 bits per heavy atom. The van der Waals surface area contributed by atoms with Crippen molar-refractivity contribution >= 4 is 23.1 Å². The van der Waals surface area contributed by atoms with E-state index in [1.807, 2.05) is 34.5 Å². The van der Waals surface area contributed by atoms with Crippen LogP contribution in [-0.4, -0.2) is 47.0 Å². The molecule has 1 unspecified atom stereocenters. The molecule has 0 N–H and O–H groups in total. The molecule has 1 aliphatic heterocycles. The Balaban J connectivity index is 1.65. The van der Waals surface area contributed by atoms with Gasteiger partial charge in [0.2, 0.25) is 0 Å². The minimum Gasteiger partial charge on any atom is -0.353 e. The zero-order chi connectivity index (χ0) is 23.4. The van der Waals surface area contributed by atoms with Crippen molar-refractivity contribution in [2.45, 2.75) is 46.0 Å². The molecule has 1 fully saturated rings. The number of piperazine rings is 1. The number of nitrogens with zero attached hydrogens (tertiary/aromatic N) is 4. The molecule has 33 heavy (non-hydrogen) atoms. The van der Waals surface area contributed by atoms with E-state index >= 15 is 0 Å². The minimum absolute atomic E-state index is 0.0912. The molecule has 174 valence electrons. The SMILES string of the molecule is CCc1nc(C(C)CC)nc(N2CCN(C(=O)c3cccs3)CC2)c1Cc1ccccc1F. The first kappa shape index (κ1) is 23.4. The Morgan fingerprint density at radius 2 is 1.85 bits per heavy atom. The molecule has 0 radical (unpaired) electrons. The molecule has 1 amide bonds. The third-order valence-electron chi connectivity index (χ3n) is 6.40. The topological polar surface area (TPSA) is 49.3 Å². The fourth-order valence-electron chi connectivity index (χ4n) is 4.18. The Morgan fingerprint density at radius 1 is 1.09 bits per heavy atom. The van der Waals surface area contributed by atoms with Gasteiger partial charge in [-0.1, -0.05) is 45.0 Å². The number of thiophene rings is 1. The lowest BCUT2D eigenvalue weighted by atomic mass is 10.00. The first-order chi connectivity index (χ1) is 16.0. The summed E-state index contributed by atoms with van der Waals surface area (Å²) in [4.78, 5) is 27.6. The van der Waals surface area contributed by atoms with E-state index in [9.17, 15) is 9.18 Å². The van der Waals surface area contributed by atoms with Gasteiger partial charge in [-0.25, -0.2) is 14.4 Å². The number of carbonyl (C=O) groups excluding carboxylic acids is 1. The van der Waals surface area contributed by atoms with Gasteiger partial charge in [0.05, 0.1) is 4.88 Å². The molecular formula is C26H31FN4OS. The Hall–Kier alpha value is -2.80. The van der Waals surface area contributed by atoms with Crippen molar-refractivity contribution in [3.8, 4) is 0 Å². The maximum Gasteiger partial charge on any atom is 0.264 e. The predicted molar refractivity (Wildman–Crippen MR) is 132 cm³/mol. The molecule has 3 heterocycles. The van der Waals surface area contributed by atoms with Crippen molar-refractivity contribution in [3.63, 3.8) is 0 Å². The minimum atomic E-state index is -0.206. The first-order valence-electron chi connectivity index (χ1n) is 11.7. The number of anilines is 1. The van der Waals surface area contributed by atoms with Gasteiger partial charge in [0.25, 0.3) is 5.91 Å². The Bertz CT molecular complexity index is 1090. The van der Waals surface area contributed by atoms with Crippen LogP contribution < -0.4 is 4.90 Å². The summed E-state index contributed by atoms with van der Waals surface area (Å²) >= 11 is 1.48. The molecule has 0 aliphatic carbocycles. The quantitative estimate of drug-likeness (QED) is 0.474. The largest absolute Gasteiger partial charge is 0.353 e. The van der Waals surface area contributed by atoms with Crippen LogP contribution in [0.3, 0.4) is 0 Å². The Kier molecular flexibility index (Phi) is 7.38. The number of aryl methyl sites for hydroxylation is 1. The van der Waals surface area contributed by atoms with E-state index in [4.69, 9.17) is 9.97 Å². The molecule has 1 aliphatic rings. The molecule has 1 atom stereocenters. The van der Waals surface area contributed by atoms with E-state index < -0.39 is 0 Å². The highest BCUT2D eigenvalue weighted by atomic mass is 32.1. The van der Waals surface area contributed by atoms with Gasteiger partial charge in [0, 0.05) is 49.8 Å². The molecule has 1 saturated heterocycles. The van der Waals surface area contributed by atoms with Crippen LogP contribution in [0.1, 0.15) is 65.4 Å². The number of hydrogen-bond donors (Lipinski definition) is 0. The average Bonchev–Trinajstić information content (AvgIpc) is 3.39. The molecule has 0 saturated carbocycles. The standard InChI is InChI=1S/C26H31FN4OS/c1-4-18(3)24-28-22(5-2)20(17-19-9-6-7-10-21(19)27)25(29-24)30-12-14-31(15-13-30)26(32)23-11-8-16-33-23/h6-11,16,18H,4-5,12-15,17H2,1-3H3. The smallest absolute Gasteiger partial charge is 0.264 e. The van der Waals surface area contributed by atoms with Crippen molar-refractivity contribution in [2.75, 3.05) is 31.1 Å². The van der Waals surface area contributed by atoms with Crippen molar-refractivity contribution in [2.24, 2.45) is 0 Å². The number of amides is 1. The van der Waals surface area contributed by atoms with Crippen molar-refractivity contribution < 1.29 is 9.18 Å². The van der Waals surface area contributed by atoms with Gasteiger partial charge in [-0.2, -0.15) is 0 Å².